The number of nitrogens with one attached hydrogen (secondary N) is 1. The third-order valence-corrected chi connectivity index (χ3v) is 4.57. The number of hydrogen-bond donors (Lipinski definition) is 1. The molecule has 0 aliphatic rings. The Hall–Kier alpha value is -2.85. The third kappa shape index (κ3) is 4.81. The van der Waals surface area contributed by atoms with Gasteiger partial charge in [-0.15, -0.1) is 11.8 Å². The van der Waals surface area contributed by atoms with E-state index in [0.717, 1.165) is 4.90 Å². The first kappa shape index (κ1) is 17.0. The van der Waals surface area contributed by atoms with Crippen LogP contribution in [0.4, 0.5) is 5.69 Å². The lowest BCUT2D eigenvalue weighted by molar-refractivity contribution is -0.113. The minimum absolute atomic E-state index is 0.0599. The standard InChI is InChI=1S/C21H17NO2S/c23-20(15-25-19-12-5-2-6-13-19)22-18-11-7-10-17(14-18)21(24)16-8-3-1-4-9-16/h1-14H,15H2,(H,22,23). The van der Waals surface area contributed by atoms with Gasteiger partial charge < -0.3 is 5.32 Å². The van der Waals surface area contributed by atoms with E-state index in [-0.39, 0.29) is 11.7 Å². The summed E-state index contributed by atoms with van der Waals surface area (Å²) in [5.74, 6) is 0.162. The first-order valence-electron chi connectivity index (χ1n) is 7.90. The van der Waals surface area contributed by atoms with Gasteiger partial charge >= 0.3 is 0 Å². The fraction of sp³-hybridized carbons (Fsp3) is 0.0476. The molecule has 0 spiro atoms. The minimum Gasteiger partial charge on any atom is -0.325 e. The predicted molar refractivity (Wildman–Crippen MR) is 102 cm³/mol. The van der Waals surface area contributed by atoms with E-state index in [1.165, 1.54) is 11.8 Å². The van der Waals surface area contributed by atoms with Gasteiger partial charge in [0, 0.05) is 21.7 Å². The normalized spacial score (nSPS) is 10.2. The van der Waals surface area contributed by atoms with Crippen molar-refractivity contribution < 1.29 is 9.59 Å². The van der Waals surface area contributed by atoms with Gasteiger partial charge in [0.2, 0.25) is 5.91 Å². The van der Waals surface area contributed by atoms with Gasteiger partial charge in [-0.1, -0.05) is 60.7 Å². The van der Waals surface area contributed by atoms with E-state index in [1.54, 1.807) is 36.4 Å². The van der Waals surface area contributed by atoms with Crippen molar-refractivity contribution in [1.29, 1.82) is 0 Å². The Labute approximate surface area is 151 Å². The molecule has 3 rings (SSSR count). The first-order chi connectivity index (χ1) is 12.2. The number of anilines is 1. The lowest BCUT2D eigenvalue weighted by Crippen LogP contribution is -2.14. The Morgan fingerprint density at radius 2 is 1.40 bits per heavy atom. The maximum atomic E-state index is 12.5. The van der Waals surface area contributed by atoms with Gasteiger partial charge in [0.05, 0.1) is 5.75 Å². The van der Waals surface area contributed by atoms with Crippen molar-refractivity contribution in [3.05, 3.63) is 96.1 Å². The van der Waals surface area contributed by atoms with Crippen LogP contribution in [-0.2, 0) is 4.79 Å². The lowest BCUT2D eigenvalue weighted by Gasteiger charge is -2.07. The number of amides is 1. The van der Waals surface area contributed by atoms with Crippen LogP contribution in [0.1, 0.15) is 15.9 Å². The van der Waals surface area contributed by atoms with Gasteiger partial charge in [0.15, 0.2) is 5.78 Å². The number of carbonyl (C=O) groups excluding carboxylic acids is 2. The topological polar surface area (TPSA) is 46.2 Å². The van der Waals surface area contributed by atoms with Crippen molar-refractivity contribution in [3.63, 3.8) is 0 Å². The molecule has 3 aromatic carbocycles. The van der Waals surface area contributed by atoms with Gasteiger partial charge in [-0.3, -0.25) is 9.59 Å². The highest BCUT2D eigenvalue weighted by Gasteiger charge is 2.10. The molecule has 0 aromatic heterocycles. The molecular formula is C21H17NO2S. The second-order valence-corrected chi connectivity index (χ2v) is 6.47. The van der Waals surface area contributed by atoms with Gasteiger partial charge in [-0.2, -0.15) is 0 Å². The smallest absolute Gasteiger partial charge is 0.234 e. The average molecular weight is 347 g/mol. The fourth-order valence-corrected chi connectivity index (χ4v) is 3.08. The zero-order valence-corrected chi connectivity index (χ0v) is 14.3. The van der Waals surface area contributed by atoms with Crippen LogP contribution in [0.3, 0.4) is 0 Å². The van der Waals surface area contributed by atoms with Crippen molar-refractivity contribution in [2.45, 2.75) is 4.90 Å². The van der Waals surface area contributed by atoms with E-state index >= 15 is 0 Å². The Morgan fingerprint density at radius 1 is 0.760 bits per heavy atom. The average Bonchev–Trinajstić information content (AvgIpc) is 2.67. The van der Waals surface area contributed by atoms with Gasteiger partial charge in [-0.25, -0.2) is 0 Å². The number of rotatable bonds is 6. The zero-order valence-electron chi connectivity index (χ0n) is 13.5. The molecule has 3 aromatic rings. The number of benzene rings is 3. The molecule has 124 valence electrons. The summed E-state index contributed by atoms with van der Waals surface area (Å²) in [6, 6.07) is 25.9. The van der Waals surface area contributed by atoms with Crippen LogP contribution in [0, 0.1) is 0 Å². The van der Waals surface area contributed by atoms with Crippen LogP contribution in [0.25, 0.3) is 0 Å². The van der Waals surface area contributed by atoms with E-state index in [0.29, 0.717) is 22.6 Å². The van der Waals surface area contributed by atoms with Crippen molar-refractivity contribution in [2.24, 2.45) is 0 Å². The highest BCUT2D eigenvalue weighted by atomic mass is 32.2. The van der Waals surface area contributed by atoms with Crippen molar-refractivity contribution >= 4 is 29.1 Å². The summed E-state index contributed by atoms with van der Waals surface area (Å²) in [6.45, 7) is 0. The number of carbonyl (C=O) groups is 2. The summed E-state index contributed by atoms with van der Waals surface area (Å²) in [4.78, 5) is 25.6. The maximum Gasteiger partial charge on any atom is 0.234 e. The molecule has 0 saturated heterocycles. The van der Waals surface area contributed by atoms with E-state index in [1.807, 2.05) is 48.5 Å². The molecule has 0 atom stereocenters. The van der Waals surface area contributed by atoms with E-state index in [9.17, 15) is 9.59 Å². The molecule has 0 fully saturated rings. The van der Waals surface area contributed by atoms with Crippen LogP contribution in [0.2, 0.25) is 0 Å². The summed E-state index contributed by atoms with van der Waals surface area (Å²) in [7, 11) is 0. The molecule has 3 nitrogen and oxygen atoms in total. The largest absolute Gasteiger partial charge is 0.325 e. The fourth-order valence-electron chi connectivity index (χ4n) is 2.36. The molecule has 25 heavy (non-hydrogen) atoms. The Kier molecular flexibility index (Phi) is 5.65. The molecule has 0 aliphatic carbocycles. The van der Waals surface area contributed by atoms with Crippen molar-refractivity contribution in [3.8, 4) is 0 Å². The van der Waals surface area contributed by atoms with E-state index in [2.05, 4.69) is 5.32 Å². The van der Waals surface area contributed by atoms with E-state index in [4.69, 9.17) is 0 Å². The highest BCUT2D eigenvalue weighted by Crippen LogP contribution is 2.18. The second kappa shape index (κ2) is 8.31. The molecule has 0 bridgehead atoms. The maximum absolute atomic E-state index is 12.5. The van der Waals surface area contributed by atoms with Crippen LogP contribution in [-0.4, -0.2) is 17.4 Å². The minimum atomic E-state index is -0.0989. The monoisotopic (exact) mass is 347 g/mol. The molecule has 0 radical (unpaired) electrons. The molecule has 0 aliphatic heterocycles. The first-order valence-corrected chi connectivity index (χ1v) is 8.88. The number of thioether (sulfide) groups is 1. The summed E-state index contributed by atoms with van der Waals surface area (Å²) in [5.41, 5.74) is 1.81. The van der Waals surface area contributed by atoms with Gasteiger partial charge in [0.1, 0.15) is 0 Å². The molecule has 1 N–H and O–H groups in total. The van der Waals surface area contributed by atoms with Crippen LogP contribution >= 0.6 is 11.8 Å². The number of ketones is 1. The SMILES string of the molecule is O=C(CSc1ccccc1)Nc1cccc(C(=O)c2ccccc2)c1. The number of hydrogen-bond acceptors (Lipinski definition) is 3. The van der Waals surface area contributed by atoms with E-state index < -0.39 is 0 Å². The highest BCUT2D eigenvalue weighted by molar-refractivity contribution is 8.00. The quantitative estimate of drug-likeness (QED) is 0.521. The molecule has 0 saturated carbocycles. The van der Waals surface area contributed by atoms with Crippen molar-refractivity contribution in [1.82, 2.24) is 0 Å². The summed E-state index contributed by atoms with van der Waals surface area (Å²) in [6.07, 6.45) is 0. The molecule has 1 amide bonds. The zero-order chi connectivity index (χ0) is 17.5. The summed E-state index contributed by atoms with van der Waals surface area (Å²) in [5, 5.41) is 2.85. The molecule has 4 heteroatoms. The third-order valence-electron chi connectivity index (χ3n) is 3.56. The Bertz CT molecular complexity index is 863. The van der Waals surface area contributed by atoms with Crippen LogP contribution < -0.4 is 5.32 Å². The van der Waals surface area contributed by atoms with Gasteiger partial charge in [0.25, 0.3) is 0 Å². The predicted octanol–water partition coefficient (Wildman–Crippen LogP) is 4.65. The molecule has 0 heterocycles. The summed E-state index contributed by atoms with van der Waals surface area (Å²) >= 11 is 1.48. The van der Waals surface area contributed by atoms with Gasteiger partial charge in [-0.05, 0) is 24.3 Å². The summed E-state index contributed by atoms with van der Waals surface area (Å²) < 4.78 is 0. The second-order valence-electron chi connectivity index (χ2n) is 5.43. The van der Waals surface area contributed by atoms with Crippen molar-refractivity contribution in [2.75, 3.05) is 11.1 Å². The Morgan fingerprint density at radius 3 is 2.12 bits per heavy atom. The van der Waals surface area contributed by atoms with Crippen LogP contribution in [0.5, 0.6) is 0 Å². The molecular weight excluding hydrogens is 330 g/mol. The lowest BCUT2D eigenvalue weighted by atomic mass is 10.0. The Balaban J connectivity index is 1.63. The molecule has 0 unspecified atom stereocenters. The van der Waals surface area contributed by atoms with Crippen LogP contribution in [0.15, 0.2) is 89.8 Å².